The van der Waals surface area contributed by atoms with Gasteiger partial charge in [0, 0.05) is 25.8 Å². The maximum Gasteiger partial charge on any atom is 0.309 e. The lowest BCUT2D eigenvalue weighted by atomic mass is 10.0. The van der Waals surface area contributed by atoms with E-state index in [0.29, 0.717) is 19.6 Å². The van der Waals surface area contributed by atoms with Crippen molar-refractivity contribution in [1.82, 2.24) is 14.9 Å². The van der Waals surface area contributed by atoms with E-state index in [2.05, 4.69) is 14.9 Å². The van der Waals surface area contributed by atoms with Crippen molar-refractivity contribution in [3.63, 3.8) is 0 Å². The number of carbonyl (C=O) groups is 1. The summed E-state index contributed by atoms with van der Waals surface area (Å²) in [6, 6.07) is 1.84. The van der Waals surface area contributed by atoms with Crippen LogP contribution in [0.25, 0.3) is 0 Å². The quantitative estimate of drug-likeness (QED) is 0.731. The normalized spacial score (nSPS) is 17.7. The van der Waals surface area contributed by atoms with Gasteiger partial charge < -0.3 is 5.11 Å². The Hall–Kier alpha value is -1.49. The van der Waals surface area contributed by atoms with Crippen molar-refractivity contribution >= 4 is 5.97 Å². The van der Waals surface area contributed by atoms with Gasteiger partial charge >= 0.3 is 5.97 Å². The Kier molecular flexibility index (Phi) is 2.41. The molecule has 0 aromatic carbocycles. The molecule has 0 unspecified atom stereocenters. The summed E-state index contributed by atoms with van der Waals surface area (Å²) in [6.45, 7) is 1.96. The number of hydrogen-bond donors (Lipinski definition) is 1. The number of aliphatic carboxylic acids is 1. The van der Waals surface area contributed by atoms with E-state index in [1.165, 1.54) is 6.33 Å². The molecule has 14 heavy (non-hydrogen) atoms. The third-order valence-corrected chi connectivity index (χ3v) is 2.34. The van der Waals surface area contributed by atoms with Crippen molar-refractivity contribution in [3.05, 3.63) is 24.3 Å². The summed E-state index contributed by atoms with van der Waals surface area (Å²) in [5.74, 6) is -0.902. The molecule has 2 heterocycles. The van der Waals surface area contributed by atoms with Crippen LogP contribution in [0.3, 0.4) is 0 Å². The predicted octanol–water partition coefficient (Wildman–Crippen LogP) is -0.00700. The Morgan fingerprint density at radius 3 is 3.00 bits per heavy atom. The number of nitrogens with zero attached hydrogens (tertiary/aromatic N) is 3. The molecule has 0 atom stereocenters. The van der Waals surface area contributed by atoms with Crippen LogP contribution in [0.15, 0.2) is 18.6 Å². The number of carboxylic acids is 1. The molecule has 1 aromatic heterocycles. The van der Waals surface area contributed by atoms with Crippen molar-refractivity contribution in [2.45, 2.75) is 6.54 Å². The average Bonchev–Trinajstić information content (AvgIpc) is 2.12. The Balaban J connectivity index is 1.82. The fourth-order valence-corrected chi connectivity index (χ4v) is 1.50. The molecule has 0 radical (unpaired) electrons. The summed E-state index contributed by atoms with van der Waals surface area (Å²) in [5, 5.41) is 8.66. The van der Waals surface area contributed by atoms with Crippen LogP contribution in [0, 0.1) is 5.92 Å². The van der Waals surface area contributed by atoms with Crippen LogP contribution in [-0.2, 0) is 11.3 Å². The largest absolute Gasteiger partial charge is 0.481 e. The molecule has 5 nitrogen and oxygen atoms in total. The van der Waals surface area contributed by atoms with Gasteiger partial charge in [-0.2, -0.15) is 0 Å². The van der Waals surface area contributed by atoms with E-state index in [1.54, 1.807) is 6.20 Å². The Labute approximate surface area is 81.4 Å². The molecule has 0 saturated carbocycles. The maximum atomic E-state index is 10.5. The predicted molar refractivity (Wildman–Crippen MR) is 48.4 cm³/mol. The third kappa shape index (κ3) is 1.88. The maximum absolute atomic E-state index is 10.5. The van der Waals surface area contributed by atoms with Gasteiger partial charge in [0.25, 0.3) is 0 Å². The van der Waals surface area contributed by atoms with Crippen molar-refractivity contribution in [2.24, 2.45) is 5.92 Å². The highest BCUT2D eigenvalue weighted by molar-refractivity contribution is 5.71. The minimum Gasteiger partial charge on any atom is -0.481 e. The molecule has 0 bridgehead atoms. The molecule has 0 aliphatic carbocycles. The second kappa shape index (κ2) is 3.71. The molecule has 5 heteroatoms. The van der Waals surface area contributed by atoms with E-state index in [4.69, 9.17) is 5.11 Å². The van der Waals surface area contributed by atoms with Crippen molar-refractivity contribution in [1.29, 1.82) is 0 Å². The molecular formula is C9H11N3O2. The Morgan fingerprint density at radius 1 is 1.64 bits per heavy atom. The van der Waals surface area contributed by atoms with Gasteiger partial charge in [-0.25, -0.2) is 9.97 Å². The van der Waals surface area contributed by atoms with Gasteiger partial charge in [-0.3, -0.25) is 9.69 Å². The zero-order valence-corrected chi connectivity index (χ0v) is 7.63. The lowest BCUT2D eigenvalue weighted by Gasteiger charge is -2.36. The van der Waals surface area contributed by atoms with Gasteiger partial charge in [0.1, 0.15) is 6.33 Å². The summed E-state index contributed by atoms with van der Waals surface area (Å²) in [4.78, 5) is 20.5. The average molecular weight is 193 g/mol. The highest BCUT2D eigenvalue weighted by Gasteiger charge is 2.32. The summed E-state index contributed by atoms with van der Waals surface area (Å²) in [7, 11) is 0. The summed E-state index contributed by atoms with van der Waals surface area (Å²) < 4.78 is 0. The van der Waals surface area contributed by atoms with Gasteiger partial charge in [-0.15, -0.1) is 0 Å². The van der Waals surface area contributed by atoms with Crippen LogP contribution in [-0.4, -0.2) is 39.0 Å². The van der Waals surface area contributed by atoms with Gasteiger partial charge in [-0.1, -0.05) is 0 Å². The minimum atomic E-state index is -0.705. The van der Waals surface area contributed by atoms with Gasteiger partial charge in [0.2, 0.25) is 0 Å². The molecule has 1 saturated heterocycles. The first-order valence-electron chi connectivity index (χ1n) is 4.46. The lowest BCUT2D eigenvalue weighted by molar-refractivity contribution is -0.147. The number of rotatable bonds is 3. The monoisotopic (exact) mass is 193 g/mol. The number of hydrogen-bond acceptors (Lipinski definition) is 4. The zero-order chi connectivity index (χ0) is 9.97. The molecular weight excluding hydrogens is 182 g/mol. The summed E-state index contributed by atoms with van der Waals surface area (Å²) in [5.41, 5.74) is 0.934. The van der Waals surface area contributed by atoms with Crippen LogP contribution < -0.4 is 0 Å². The first-order chi connectivity index (χ1) is 6.75. The smallest absolute Gasteiger partial charge is 0.309 e. The molecule has 2 rings (SSSR count). The number of carboxylic acid groups (broad SMARTS) is 1. The molecule has 0 spiro atoms. The van der Waals surface area contributed by atoms with Crippen molar-refractivity contribution in [3.8, 4) is 0 Å². The number of likely N-dealkylation sites (tertiary alicyclic amines) is 1. The van der Waals surface area contributed by atoms with Crippen LogP contribution in [0.1, 0.15) is 5.69 Å². The summed E-state index contributed by atoms with van der Waals surface area (Å²) in [6.07, 6.45) is 3.20. The first kappa shape index (κ1) is 9.08. The Bertz CT molecular complexity index is 322. The highest BCUT2D eigenvalue weighted by Crippen LogP contribution is 2.17. The zero-order valence-electron chi connectivity index (χ0n) is 7.63. The highest BCUT2D eigenvalue weighted by atomic mass is 16.4. The van der Waals surface area contributed by atoms with Gasteiger partial charge in [0.15, 0.2) is 0 Å². The molecule has 1 aliphatic rings. The number of aromatic nitrogens is 2. The lowest BCUT2D eigenvalue weighted by Crippen LogP contribution is -2.49. The van der Waals surface area contributed by atoms with Crippen molar-refractivity contribution < 1.29 is 9.90 Å². The molecule has 1 fully saturated rings. The molecule has 74 valence electrons. The van der Waals surface area contributed by atoms with Crippen LogP contribution in [0.5, 0.6) is 0 Å². The van der Waals surface area contributed by atoms with E-state index in [1.807, 2.05) is 6.07 Å². The fourth-order valence-electron chi connectivity index (χ4n) is 1.50. The molecule has 0 amide bonds. The third-order valence-electron chi connectivity index (χ3n) is 2.34. The first-order valence-corrected chi connectivity index (χ1v) is 4.46. The van der Waals surface area contributed by atoms with Crippen LogP contribution >= 0.6 is 0 Å². The molecule has 1 aromatic rings. The molecule has 1 aliphatic heterocycles. The van der Waals surface area contributed by atoms with E-state index in [9.17, 15) is 4.79 Å². The van der Waals surface area contributed by atoms with E-state index in [-0.39, 0.29) is 5.92 Å². The van der Waals surface area contributed by atoms with E-state index in [0.717, 1.165) is 5.69 Å². The Morgan fingerprint density at radius 2 is 2.43 bits per heavy atom. The van der Waals surface area contributed by atoms with Crippen LogP contribution in [0.2, 0.25) is 0 Å². The van der Waals surface area contributed by atoms with Gasteiger partial charge in [0.05, 0.1) is 11.6 Å². The fraction of sp³-hybridized carbons (Fsp3) is 0.444. The van der Waals surface area contributed by atoms with Gasteiger partial charge in [-0.05, 0) is 6.07 Å². The minimum absolute atomic E-state index is 0.197. The second-order valence-corrected chi connectivity index (χ2v) is 3.43. The van der Waals surface area contributed by atoms with E-state index < -0.39 is 5.97 Å². The van der Waals surface area contributed by atoms with Crippen molar-refractivity contribution in [2.75, 3.05) is 13.1 Å². The standard InChI is InChI=1S/C9H11N3O2/c13-9(14)7-3-12(4-7)5-8-1-2-10-6-11-8/h1-2,6-7H,3-5H2,(H,13,14). The van der Waals surface area contributed by atoms with E-state index >= 15 is 0 Å². The summed E-state index contributed by atoms with van der Waals surface area (Å²) >= 11 is 0. The van der Waals surface area contributed by atoms with Crippen LogP contribution in [0.4, 0.5) is 0 Å². The topological polar surface area (TPSA) is 66.3 Å². The second-order valence-electron chi connectivity index (χ2n) is 3.43. The molecule has 1 N–H and O–H groups in total. The SMILES string of the molecule is O=C(O)C1CN(Cc2ccncn2)C1.